The molecule has 1 fully saturated rings. The quantitative estimate of drug-likeness (QED) is 0.450. The van der Waals surface area contributed by atoms with Crippen LogP contribution >= 0.6 is 0 Å². The normalized spacial score (nSPS) is 34.2. The molecule has 0 aromatic heterocycles. The van der Waals surface area contributed by atoms with Crippen molar-refractivity contribution in [1.82, 2.24) is 5.43 Å². The molecule has 1 aliphatic carbocycles. The lowest BCUT2D eigenvalue weighted by Gasteiger charge is -2.25. The van der Waals surface area contributed by atoms with Gasteiger partial charge in [-0.25, -0.2) is 0 Å². The molecule has 3 N–H and O–H groups in total. The molecule has 60 valence electrons. The molecular weight excluding hydrogens is 124 g/mol. The van der Waals surface area contributed by atoms with Gasteiger partial charge < -0.3 is 0 Å². The molecule has 0 radical (unpaired) electrons. The molecule has 0 bridgehead atoms. The van der Waals surface area contributed by atoms with E-state index in [0.29, 0.717) is 0 Å². The number of hydrazine groups is 1. The topological polar surface area (TPSA) is 38.0 Å². The Morgan fingerprint density at radius 1 is 1.50 bits per heavy atom. The van der Waals surface area contributed by atoms with Crippen LogP contribution in [0.4, 0.5) is 0 Å². The number of hydrogen-bond acceptors (Lipinski definition) is 2. The predicted molar refractivity (Wildman–Crippen MR) is 43.3 cm³/mol. The summed E-state index contributed by atoms with van der Waals surface area (Å²) in [6.45, 7) is 3.34. The Morgan fingerprint density at radius 3 is 2.90 bits per heavy atom. The van der Waals surface area contributed by atoms with Crippen LogP contribution in [0.15, 0.2) is 0 Å². The zero-order chi connectivity index (χ0) is 7.40. The highest BCUT2D eigenvalue weighted by atomic mass is 15.2. The van der Waals surface area contributed by atoms with Gasteiger partial charge in [0.2, 0.25) is 0 Å². The van der Waals surface area contributed by atoms with Crippen molar-refractivity contribution in [3.8, 4) is 0 Å². The third-order valence-corrected chi connectivity index (χ3v) is 2.45. The van der Waals surface area contributed by atoms with Crippen molar-refractivity contribution in [2.24, 2.45) is 17.7 Å². The second-order valence-corrected chi connectivity index (χ2v) is 3.55. The van der Waals surface area contributed by atoms with Crippen LogP contribution in [0.25, 0.3) is 0 Å². The largest absolute Gasteiger partial charge is 0.271 e. The lowest BCUT2D eigenvalue weighted by molar-refractivity contribution is 0.275. The summed E-state index contributed by atoms with van der Waals surface area (Å²) in [5.41, 5.74) is 2.76. The fourth-order valence-electron chi connectivity index (χ4n) is 1.91. The Kier molecular flexibility index (Phi) is 3.16. The van der Waals surface area contributed by atoms with Gasteiger partial charge in [-0.15, -0.1) is 0 Å². The first kappa shape index (κ1) is 8.02. The number of rotatable bonds is 2. The van der Waals surface area contributed by atoms with Crippen LogP contribution in [-0.4, -0.2) is 6.54 Å². The van der Waals surface area contributed by atoms with Crippen LogP contribution < -0.4 is 11.3 Å². The molecule has 0 aromatic rings. The van der Waals surface area contributed by atoms with E-state index in [-0.39, 0.29) is 0 Å². The van der Waals surface area contributed by atoms with E-state index < -0.39 is 0 Å². The Bertz CT molecular complexity index is 91.3. The summed E-state index contributed by atoms with van der Waals surface area (Å²) in [6.07, 6.45) is 5.55. The van der Waals surface area contributed by atoms with Gasteiger partial charge in [-0.05, 0) is 24.7 Å². The molecular formula is C8H18N2. The van der Waals surface area contributed by atoms with Crippen molar-refractivity contribution < 1.29 is 0 Å². The van der Waals surface area contributed by atoms with Crippen molar-refractivity contribution in [2.75, 3.05) is 6.54 Å². The molecule has 0 amide bonds. The molecule has 2 nitrogen and oxygen atoms in total. The molecule has 2 atom stereocenters. The smallest absolute Gasteiger partial charge is 0.0126 e. The maximum atomic E-state index is 5.25. The maximum absolute atomic E-state index is 5.25. The zero-order valence-electron chi connectivity index (χ0n) is 6.77. The van der Waals surface area contributed by atoms with Crippen LogP contribution in [0, 0.1) is 11.8 Å². The van der Waals surface area contributed by atoms with E-state index in [1.807, 2.05) is 0 Å². The fourth-order valence-corrected chi connectivity index (χ4v) is 1.91. The second kappa shape index (κ2) is 3.94. The average Bonchev–Trinajstić information content (AvgIpc) is 1.88. The molecule has 0 heterocycles. The van der Waals surface area contributed by atoms with Crippen molar-refractivity contribution in [1.29, 1.82) is 0 Å². The third kappa shape index (κ3) is 2.27. The van der Waals surface area contributed by atoms with Gasteiger partial charge in [0.05, 0.1) is 0 Å². The van der Waals surface area contributed by atoms with E-state index in [0.717, 1.165) is 18.4 Å². The van der Waals surface area contributed by atoms with Crippen LogP contribution in [0.1, 0.15) is 32.6 Å². The molecule has 0 spiro atoms. The molecule has 0 aliphatic heterocycles. The summed E-state index contributed by atoms with van der Waals surface area (Å²) in [5, 5.41) is 0. The van der Waals surface area contributed by atoms with Crippen molar-refractivity contribution in [3.05, 3.63) is 0 Å². The van der Waals surface area contributed by atoms with Gasteiger partial charge in [0.15, 0.2) is 0 Å². The van der Waals surface area contributed by atoms with Crippen LogP contribution in [0.2, 0.25) is 0 Å². The summed E-state index contributed by atoms with van der Waals surface area (Å²) in [4.78, 5) is 0. The highest BCUT2D eigenvalue weighted by molar-refractivity contribution is 4.70. The van der Waals surface area contributed by atoms with Gasteiger partial charge in [-0.2, -0.15) is 0 Å². The van der Waals surface area contributed by atoms with Gasteiger partial charge in [0.25, 0.3) is 0 Å². The minimum atomic E-state index is 0.841. The van der Waals surface area contributed by atoms with Crippen molar-refractivity contribution in [2.45, 2.75) is 32.6 Å². The first-order valence-electron chi connectivity index (χ1n) is 4.26. The van der Waals surface area contributed by atoms with E-state index >= 15 is 0 Å². The van der Waals surface area contributed by atoms with Gasteiger partial charge in [-0.1, -0.05) is 19.8 Å². The molecule has 1 saturated carbocycles. The average molecular weight is 142 g/mol. The van der Waals surface area contributed by atoms with Gasteiger partial charge in [-0.3, -0.25) is 11.3 Å². The monoisotopic (exact) mass is 142 g/mol. The zero-order valence-corrected chi connectivity index (χ0v) is 6.77. The van der Waals surface area contributed by atoms with Gasteiger partial charge in [0.1, 0.15) is 0 Å². The maximum Gasteiger partial charge on any atom is 0.0126 e. The molecule has 10 heavy (non-hydrogen) atoms. The summed E-state index contributed by atoms with van der Waals surface area (Å²) in [5.74, 6) is 7.02. The van der Waals surface area contributed by atoms with Crippen molar-refractivity contribution >= 4 is 0 Å². The standard InChI is InChI=1S/C8H18N2/c1-7-3-2-4-8(5-7)6-10-9/h7-8,10H,2-6,9H2,1H3. The molecule has 1 aliphatic rings. The number of nitrogens with one attached hydrogen (secondary N) is 1. The SMILES string of the molecule is CC1CCCC(CNN)C1. The number of nitrogens with two attached hydrogens (primary N) is 1. The summed E-state index contributed by atoms with van der Waals surface area (Å²) >= 11 is 0. The highest BCUT2D eigenvalue weighted by Gasteiger charge is 2.17. The summed E-state index contributed by atoms with van der Waals surface area (Å²) in [6, 6.07) is 0. The summed E-state index contributed by atoms with van der Waals surface area (Å²) < 4.78 is 0. The fraction of sp³-hybridized carbons (Fsp3) is 1.00. The van der Waals surface area contributed by atoms with Crippen LogP contribution in [-0.2, 0) is 0 Å². The van der Waals surface area contributed by atoms with E-state index in [1.165, 1.54) is 25.7 Å². The van der Waals surface area contributed by atoms with Crippen LogP contribution in [0.3, 0.4) is 0 Å². The second-order valence-electron chi connectivity index (χ2n) is 3.55. The molecule has 0 saturated heterocycles. The molecule has 0 aromatic carbocycles. The van der Waals surface area contributed by atoms with E-state index in [9.17, 15) is 0 Å². The molecule has 2 unspecified atom stereocenters. The minimum absolute atomic E-state index is 0.841. The highest BCUT2D eigenvalue weighted by Crippen LogP contribution is 2.27. The predicted octanol–water partition coefficient (Wildman–Crippen LogP) is 1.28. The third-order valence-electron chi connectivity index (χ3n) is 2.45. The number of hydrogen-bond donors (Lipinski definition) is 2. The molecule has 2 heteroatoms. The van der Waals surface area contributed by atoms with Crippen molar-refractivity contribution in [3.63, 3.8) is 0 Å². The van der Waals surface area contributed by atoms with E-state index in [4.69, 9.17) is 5.84 Å². The Hall–Kier alpha value is -0.0800. The van der Waals surface area contributed by atoms with Crippen LogP contribution in [0.5, 0.6) is 0 Å². The minimum Gasteiger partial charge on any atom is -0.271 e. The first-order valence-corrected chi connectivity index (χ1v) is 4.26. The Balaban J connectivity index is 2.18. The Labute approximate surface area is 63.1 Å². The Morgan fingerprint density at radius 2 is 2.30 bits per heavy atom. The lowest BCUT2D eigenvalue weighted by Crippen LogP contribution is -2.31. The summed E-state index contributed by atoms with van der Waals surface area (Å²) in [7, 11) is 0. The van der Waals surface area contributed by atoms with Gasteiger partial charge in [0, 0.05) is 6.54 Å². The lowest BCUT2D eigenvalue weighted by atomic mass is 9.82. The molecule has 1 rings (SSSR count). The van der Waals surface area contributed by atoms with E-state index in [2.05, 4.69) is 12.3 Å². The van der Waals surface area contributed by atoms with E-state index in [1.54, 1.807) is 0 Å². The van der Waals surface area contributed by atoms with Gasteiger partial charge >= 0.3 is 0 Å². The first-order chi connectivity index (χ1) is 4.83.